The van der Waals surface area contributed by atoms with Crippen LogP contribution in [0, 0.1) is 13.8 Å². The van der Waals surface area contributed by atoms with Gasteiger partial charge in [-0.1, -0.05) is 12.1 Å². The molecule has 0 saturated heterocycles. The van der Waals surface area contributed by atoms with Gasteiger partial charge < -0.3 is 15.7 Å². The fourth-order valence-electron chi connectivity index (χ4n) is 2.93. The summed E-state index contributed by atoms with van der Waals surface area (Å²) in [6.07, 6.45) is -1.88. The Morgan fingerprint density at radius 3 is 2.31 bits per heavy atom. The molecule has 0 radical (unpaired) electrons. The van der Waals surface area contributed by atoms with Gasteiger partial charge in [0.2, 0.25) is 0 Å². The summed E-state index contributed by atoms with van der Waals surface area (Å²) in [5.41, 5.74) is 1.84. The monoisotopic (exact) mass is 446 g/mol. The molecule has 8 nitrogen and oxygen atoms in total. The lowest BCUT2D eigenvalue weighted by atomic mass is 10.0. The highest BCUT2D eigenvalue weighted by Gasteiger charge is 2.30. The summed E-state index contributed by atoms with van der Waals surface area (Å²) in [5.74, 6) is -0.164. The Kier molecular flexibility index (Phi) is 6.56. The number of benzene rings is 1. The highest BCUT2D eigenvalue weighted by atomic mass is 19.4. The van der Waals surface area contributed by atoms with E-state index in [1.54, 1.807) is 0 Å². The SMILES string of the molecule is Cc1c(NC[C@@H](C)Nc2cnc(C(=O)O)cn2)nnc(-c2ccc(C(F)(F)F)cc2)c1C. The molecule has 0 aliphatic carbocycles. The van der Waals surface area contributed by atoms with Gasteiger partial charge in [0, 0.05) is 18.2 Å². The van der Waals surface area contributed by atoms with E-state index in [2.05, 4.69) is 30.8 Å². The van der Waals surface area contributed by atoms with Gasteiger partial charge in [0.25, 0.3) is 0 Å². The molecule has 2 aromatic heterocycles. The summed E-state index contributed by atoms with van der Waals surface area (Å²) in [6.45, 7) is 6.04. The van der Waals surface area contributed by atoms with Crippen molar-refractivity contribution < 1.29 is 23.1 Å². The van der Waals surface area contributed by atoms with E-state index in [0.717, 1.165) is 23.3 Å². The van der Waals surface area contributed by atoms with E-state index >= 15 is 0 Å². The first-order chi connectivity index (χ1) is 15.1. The van der Waals surface area contributed by atoms with Gasteiger partial charge in [-0.05, 0) is 44.0 Å². The van der Waals surface area contributed by atoms with Crippen LogP contribution in [0.25, 0.3) is 11.3 Å². The fourth-order valence-corrected chi connectivity index (χ4v) is 2.93. The van der Waals surface area contributed by atoms with E-state index in [1.165, 1.54) is 24.5 Å². The molecule has 1 atom stereocenters. The number of nitrogens with one attached hydrogen (secondary N) is 2. The largest absolute Gasteiger partial charge is 0.476 e. The van der Waals surface area contributed by atoms with Crippen molar-refractivity contribution in [2.75, 3.05) is 17.2 Å². The van der Waals surface area contributed by atoms with Gasteiger partial charge in [-0.25, -0.2) is 14.8 Å². The molecule has 0 saturated carbocycles. The lowest BCUT2D eigenvalue weighted by Gasteiger charge is -2.17. The van der Waals surface area contributed by atoms with Crippen LogP contribution in [0.4, 0.5) is 24.8 Å². The van der Waals surface area contributed by atoms with Crippen LogP contribution in [0.2, 0.25) is 0 Å². The van der Waals surface area contributed by atoms with Crippen LogP contribution in [-0.2, 0) is 6.18 Å². The molecular formula is C21H21F3N6O2. The molecule has 1 aromatic carbocycles. The van der Waals surface area contributed by atoms with Crippen molar-refractivity contribution in [2.45, 2.75) is 33.0 Å². The Balaban J connectivity index is 1.66. The molecule has 0 unspecified atom stereocenters. The number of aromatic nitrogens is 4. The van der Waals surface area contributed by atoms with Crippen LogP contribution >= 0.6 is 0 Å². The maximum Gasteiger partial charge on any atom is 0.416 e. The maximum atomic E-state index is 12.8. The Bertz CT molecular complexity index is 1100. The molecule has 0 fully saturated rings. The summed E-state index contributed by atoms with van der Waals surface area (Å²) in [4.78, 5) is 18.6. The van der Waals surface area contributed by atoms with Crippen molar-refractivity contribution in [3.05, 3.63) is 59.0 Å². The van der Waals surface area contributed by atoms with Gasteiger partial charge in [0.1, 0.15) is 5.82 Å². The minimum Gasteiger partial charge on any atom is -0.476 e. The van der Waals surface area contributed by atoms with Crippen LogP contribution in [0.5, 0.6) is 0 Å². The Morgan fingerprint density at radius 2 is 1.75 bits per heavy atom. The number of carboxylic acid groups (broad SMARTS) is 1. The quantitative estimate of drug-likeness (QED) is 0.496. The molecule has 11 heteroatoms. The zero-order valence-corrected chi connectivity index (χ0v) is 17.5. The minimum absolute atomic E-state index is 0.101. The van der Waals surface area contributed by atoms with Crippen molar-refractivity contribution in [2.24, 2.45) is 0 Å². The van der Waals surface area contributed by atoms with Crippen LogP contribution in [0.15, 0.2) is 36.7 Å². The normalized spacial score (nSPS) is 12.3. The van der Waals surface area contributed by atoms with E-state index < -0.39 is 17.7 Å². The van der Waals surface area contributed by atoms with E-state index in [9.17, 15) is 18.0 Å². The number of nitrogens with zero attached hydrogens (tertiary/aromatic N) is 4. The predicted molar refractivity (Wildman–Crippen MR) is 113 cm³/mol. The fraction of sp³-hybridized carbons (Fsp3) is 0.286. The van der Waals surface area contributed by atoms with Crippen molar-refractivity contribution in [1.29, 1.82) is 0 Å². The second-order valence-electron chi connectivity index (χ2n) is 7.24. The van der Waals surface area contributed by atoms with Gasteiger partial charge in [-0.15, -0.1) is 10.2 Å². The highest BCUT2D eigenvalue weighted by Crippen LogP contribution is 2.32. The number of rotatable bonds is 7. The average Bonchev–Trinajstić information content (AvgIpc) is 2.74. The number of carbonyl (C=O) groups is 1. The molecular weight excluding hydrogens is 425 g/mol. The number of alkyl halides is 3. The molecule has 32 heavy (non-hydrogen) atoms. The summed E-state index contributed by atoms with van der Waals surface area (Å²) >= 11 is 0. The maximum absolute atomic E-state index is 12.8. The first-order valence-corrected chi connectivity index (χ1v) is 9.63. The number of halogens is 3. The molecule has 3 N–H and O–H groups in total. The first-order valence-electron chi connectivity index (χ1n) is 9.63. The van der Waals surface area contributed by atoms with E-state index in [-0.39, 0.29) is 11.7 Å². The van der Waals surface area contributed by atoms with Gasteiger partial charge in [0.05, 0.1) is 23.7 Å². The Labute approximate surface area is 181 Å². The van der Waals surface area contributed by atoms with E-state index in [4.69, 9.17) is 5.11 Å². The smallest absolute Gasteiger partial charge is 0.416 e. The third-order valence-corrected chi connectivity index (χ3v) is 4.85. The molecule has 0 amide bonds. The van der Waals surface area contributed by atoms with Crippen molar-refractivity contribution in [1.82, 2.24) is 20.2 Å². The number of hydrogen-bond donors (Lipinski definition) is 3. The molecule has 2 heterocycles. The molecule has 168 valence electrons. The van der Waals surface area contributed by atoms with Gasteiger partial charge in [0.15, 0.2) is 11.5 Å². The molecule has 3 rings (SSSR count). The third-order valence-electron chi connectivity index (χ3n) is 4.85. The zero-order chi connectivity index (χ0) is 23.5. The van der Waals surface area contributed by atoms with Crippen LogP contribution in [0.1, 0.15) is 34.1 Å². The summed E-state index contributed by atoms with van der Waals surface area (Å²) in [7, 11) is 0. The second kappa shape index (κ2) is 9.16. The van der Waals surface area contributed by atoms with Crippen LogP contribution < -0.4 is 10.6 Å². The number of carboxylic acids is 1. The van der Waals surface area contributed by atoms with Gasteiger partial charge >= 0.3 is 12.1 Å². The van der Waals surface area contributed by atoms with Gasteiger partial charge in [-0.2, -0.15) is 13.2 Å². The number of anilines is 2. The lowest BCUT2D eigenvalue weighted by Crippen LogP contribution is -2.26. The summed E-state index contributed by atoms with van der Waals surface area (Å²) < 4.78 is 38.3. The van der Waals surface area contributed by atoms with Gasteiger partial charge in [-0.3, -0.25) is 0 Å². The van der Waals surface area contributed by atoms with Crippen LogP contribution in [0.3, 0.4) is 0 Å². The highest BCUT2D eigenvalue weighted by molar-refractivity contribution is 5.84. The zero-order valence-electron chi connectivity index (χ0n) is 17.5. The summed E-state index contributed by atoms with van der Waals surface area (Å²) in [5, 5.41) is 23.5. The topological polar surface area (TPSA) is 113 Å². The Hall–Kier alpha value is -3.76. The van der Waals surface area contributed by atoms with Crippen molar-refractivity contribution in [3.8, 4) is 11.3 Å². The molecule has 0 aliphatic rings. The molecule has 0 bridgehead atoms. The predicted octanol–water partition coefficient (Wildman–Crippen LogP) is 4.18. The average molecular weight is 446 g/mol. The van der Waals surface area contributed by atoms with Crippen molar-refractivity contribution >= 4 is 17.6 Å². The molecule has 0 aliphatic heterocycles. The van der Waals surface area contributed by atoms with Crippen LogP contribution in [-0.4, -0.2) is 43.8 Å². The number of aromatic carboxylic acids is 1. The van der Waals surface area contributed by atoms with E-state index in [1.807, 2.05) is 20.8 Å². The summed E-state index contributed by atoms with van der Waals surface area (Å²) in [6, 6.07) is 4.72. The number of hydrogen-bond acceptors (Lipinski definition) is 7. The third kappa shape index (κ3) is 5.29. The minimum atomic E-state index is -4.39. The molecule has 0 spiro atoms. The van der Waals surface area contributed by atoms with E-state index in [0.29, 0.717) is 29.4 Å². The standard InChI is InChI=1S/C21H21F3N6O2/c1-11(28-17-10-25-16(9-26-17)20(31)32)8-27-19-13(3)12(2)18(29-30-19)14-4-6-15(7-5-14)21(22,23)24/h4-7,9-11H,8H2,1-3H3,(H,26,28)(H,27,30)(H,31,32)/t11-/m1/s1. The lowest BCUT2D eigenvalue weighted by molar-refractivity contribution is -0.137. The molecule has 3 aromatic rings. The Morgan fingerprint density at radius 1 is 1.06 bits per heavy atom. The van der Waals surface area contributed by atoms with Crippen molar-refractivity contribution in [3.63, 3.8) is 0 Å². The second-order valence-corrected chi connectivity index (χ2v) is 7.24. The first kappa shape index (κ1) is 22.9.